The number of hydrogen-bond donors (Lipinski definition) is 1. The first-order valence-electron chi connectivity index (χ1n) is 5.23. The van der Waals surface area contributed by atoms with Crippen molar-refractivity contribution in [3.8, 4) is 17.1 Å². The van der Waals surface area contributed by atoms with Crippen LogP contribution in [0.2, 0.25) is 0 Å². The van der Waals surface area contributed by atoms with E-state index < -0.39 is 0 Å². The van der Waals surface area contributed by atoms with Gasteiger partial charge in [-0.1, -0.05) is 0 Å². The van der Waals surface area contributed by atoms with Crippen LogP contribution in [-0.2, 0) is 4.74 Å². The fraction of sp³-hybridized carbons (Fsp3) is 0.250. The van der Waals surface area contributed by atoms with Gasteiger partial charge in [0.05, 0.1) is 12.8 Å². The summed E-state index contributed by atoms with van der Waals surface area (Å²) in [4.78, 5) is 3.84. The first-order valence-corrected chi connectivity index (χ1v) is 5.23. The molecule has 2 N–H and O–H groups in total. The van der Waals surface area contributed by atoms with Crippen LogP contribution in [-0.4, -0.2) is 25.3 Å². The Morgan fingerprint density at radius 2 is 2.00 bits per heavy atom. The zero-order valence-corrected chi connectivity index (χ0v) is 9.55. The molecule has 1 heterocycles. The molecule has 0 spiro atoms. The third-order valence-electron chi connectivity index (χ3n) is 2.22. The summed E-state index contributed by atoms with van der Waals surface area (Å²) in [5.41, 5.74) is 6.32. The van der Waals surface area contributed by atoms with Crippen molar-refractivity contribution in [1.82, 2.24) is 4.98 Å². The van der Waals surface area contributed by atoms with Gasteiger partial charge in [0.15, 0.2) is 5.76 Å². The predicted octanol–water partition coefficient (Wildman–Crippen LogP) is 1.95. The summed E-state index contributed by atoms with van der Waals surface area (Å²) in [7, 11) is 1.64. The number of hydrogen-bond acceptors (Lipinski definition) is 5. The normalized spacial score (nSPS) is 10.4. The molecule has 0 bridgehead atoms. The number of rotatable bonds is 5. The average molecular weight is 234 g/mol. The van der Waals surface area contributed by atoms with Gasteiger partial charge in [-0.05, 0) is 24.3 Å². The summed E-state index contributed by atoms with van der Waals surface area (Å²) in [5, 5.41) is 0. The summed E-state index contributed by atoms with van der Waals surface area (Å²) in [6, 6.07) is 7.68. The van der Waals surface area contributed by atoms with Crippen molar-refractivity contribution in [2.75, 3.05) is 26.1 Å². The fourth-order valence-electron chi connectivity index (χ4n) is 1.38. The summed E-state index contributed by atoms with van der Waals surface area (Å²) in [6.45, 7) is 1.10. The third kappa shape index (κ3) is 2.98. The Hall–Kier alpha value is -2.01. The van der Waals surface area contributed by atoms with Gasteiger partial charge in [-0.3, -0.25) is 0 Å². The molecule has 5 heteroatoms. The molecule has 0 fully saturated rings. The molecular formula is C12H14N2O3. The molecule has 0 saturated heterocycles. The summed E-state index contributed by atoms with van der Waals surface area (Å²) in [5.74, 6) is 1.43. The van der Waals surface area contributed by atoms with E-state index in [1.165, 1.54) is 0 Å². The van der Waals surface area contributed by atoms with Gasteiger partial charge in [-0.15, -0.1) is 0 Å². The maximum atomic E-state index is 5.45. The zero-order valence-electron chi connectivity index (χ0n) is 9.55. The van der Waals surface area contributed by atoms with E-state index >= 15 is 0 Å². The quantitative estimate of drug-likeness (QED) is 0.800. The van der Waals surface area contributed by atoms with E-state index in [0.29, 0.717) is 19.0 Å². The number of methoxy groups -OCH3 is 1. The van der Waals surface area contributed by atoms with E-state index in [-0.39, 0.29) is 6.01 Å². The van der Waals surface area contributed by atoms with E-state index in [1.54, 1.807) is 13.3 Å². The van der Waals surface area contributed by atoms with Gasteiger partial charge >= 0.3 is 0 Å². The number of ether oxygens (including phenoxy) is 2. The highest BCUT2D eigenvalue weighted by atomic mass is 16.5. The van der Waals surface area contributed by atoms with Crippen LogP contribution >= 0.6 is 0 Å². The fourth-order valence-corrected chi connectivity index (χ4v) is 1.38. The highest BCUT2D eigenvalue weighted by molar-refractivity contribution is 5.58. The highest BCUT2D eigenvalue weighted by Crippen LogP contribution is 2.23. The average Bonchev–Trinajstić information content (AvgIpc) is 2.77. The molecule has 90 valence electrons. The molecule has 0 radical (unpaired) electrons. The van der Waals surface area contributed by atoms with Crippen molar-refractivity contribution in [2.24, 2.45) is 0 Å². The number of anilines is 1. The van der Waals surface area contributed by atoms with Crippen molar-refractivity contribution in [2.45, 2.75) is 0 Å². The number of aromatic nitrogens is 1. The lowest BCUT2D eigenvalue weighted by Gasteiger charge is -2.05. The predicted molar refractivity (Wildman–Crippen MR) is 63.7 cm³/mol. The van der Waals surface area contributed by atoms with Gasteiger partial charge < -0.3 is 19.6 Å². The van der Waals surface area contributed by atoms with Crippen LogP contribution in [0.15, 0.2) is 34.9 Å². The van der Waals surface area contributed by atoms with Crippen molar-refractivity contribution in [1.29, 1.82) is 0 Å². The smallest absolute Gasteiger partial charge is 0.292 e. The molecule has 0 saturated carbocycles. The molecule has 0 aliphatic carbocycles. The van der Waals surface area contributed by atoms with Gasteiger partial charge in [0, 0.05) is 12.7 Å². The number of nitrogen functional groups attached to an aromatic ring is 1. The lowest BCUT2D eigenvalue weighted by Crippen LogP contribution is -2.03. The largest absolute Gasteiger partial charge is 0.491 e. The van der Waals surface area contributed by atoms with Gasteiger partial charge in [0.2, 0.25) is 0 Å². The number of nitrogens with two attached hydrogens (primary N) is 1. The zero-order chi connectivity index (χ0) is 12.1. The highest BCUT2D eigenvalue weighted by Gasteiger charge is 2.03. The topological polar surface area (TPSA) is 70.5 Å². The lowest BCUT2D eigenvalue weighted by molar-refractivity contribution is 0.146. The Bertz CT molecular complexity index is 465. The third-order valence-corrected chi connectivity index (χ3v) is 2.22. The molecule has 2 aromatic rings. The van der Waals surface area contributed by atoms with Crippen molar-refractivity contribution in [3.05, 3.63) is 30.5 Å². The van der Waals surface area contributed by atoms with E-state index in [4.69, 9.17) is 19.6 Å². The van der Waals surface area contributed by atoms with Crippen LogP contribution in [0.25, 0.3) is 11.3 Å². The molecule has 2 rings (SSSR count). The monoisotopic (exact) mass is 234 g/mol. The SMILES string of the molecule is COCCOc1ccc(-c2cnc(N)o2)cc1. The Balaban J connectivity index is 2.02. The van der Waals surface area contributed by atoms with E-state index in [1.807, 2.05) is 24.3 Å². The molecule has 0 unspecified atom stereocenters. The number of oxazole rings is 1. The van der Waals surface area contributed by atoms with Crippen molar-refractivity contribution < 1.29 is 13.9 Å². The molecule has 0 amide bonds. The van der Waals surface area contributed by atoms with Crippen LogP contribution in [0.4, 0.5) is 6.01 Å². The minimum Gasteiger partial charge on any atom is -0.491 e. The molecule has 0 aliphatic heterocycles. The second-order valence-electron chi connectivity index (χ2n) is 3.43. The van der Waals surface area contributed by atoms with Crippen LogP contribution in [0.3, 0.4) is 0 Å². The van der Waals surface area contributed by atoms with Gasteiger partial charge in [-0.2, -0.15) is 0 Å². The van der Waals surface area contributed by atoms with Gasteiger partial charge in [-0.25, -0.2) is 4.98 Å². The van der Waals surface area contributed by atoms with Gasteiger partial charge in [0.25, 0.3) is 6.01 Å². The Labute approximate surface area is 99.2 Å². The maximum absolute atomic E-state index is 5.45. The summed E-state index contributed by atoms with van der Waals surface area (Å²) >= 11 is 0. The molecule has 1 aromatic heterocycles. The van der Waals surface area contributed by atoms with Crippen LogP contribution in [0.1, 0.15) is 0 Å². The summed E-state index contributed by atoms with van der Waals surface area (Å²) in [6.07, 6.45) is 1.59. The van der Waals surface area contributed by atoms with E-state index in [9.17, 15) is 0 Å². The number of benzene rings is 1. The lowest BCUT2D eigenvalue weighted by atomic mass is 10.2. The molecule has 1 aromatic carbocycles. The maximum Gasteiger partial charge on any atom is 0.292 e. The number of nitrogens with zero attached hydrogens (tertiary/aromatic N) is 1. The second-order valence-corrected chi connectivity index (χ2v) is 3.43. The molecule has 0 aliphatic rings. The van der Waals surface area contributed by atoms with Gasteiger partial charge in [0.1, 0.15) is 12.4 Å². The van der Waals surface area contributed by atoms with Crippen LogP contribution < -0.4 is 10.5 Å². The Morgan fingerprint density at radius 3 is 2.59 bits per heavy atom. The standard InChI is InChI=1S/C12H14N2O3/c1-15-6-7-16-10-4-2-9(3-5-10)11-8-14-12(13)17-11/h2-5,8H,6-7H2,1H3,(H2,13,14). The Morgan fingerprint density at radius 1 is 1.24 bits per heavy atom. The van der Waals surface area contributed by atoms with Crippen molar-refractivity contribution in [3.63, 3.8) is 0 Å². The molecular weight excluding hydrogens is 220 g/mol. The first-order chi connectivity index (χ1) is 8.29. The second kappa shape index (κ2) is 5.36. The Kier molecular flexibility index (Phi) is 3.62. The van der Waals surface area contributed by atoms with Crippen LogP contribution in [0, 0.1) is 0 Å². The van der Waals surface area contributed by atoms with Crippen LogP contribution in [0.5, 0.6) is 5.75 Å². The van der Waals surface area contributed by atoms with E-state index in [2.05, 4.69) is 4.98 Å². The van der Waals surface area contributed by atoms with Crippen molar-refractivity contribution >= 4 is 6.01 Å². The van der Waals surface area contributed by atoms with E-state index in [0.717, 1.165) is 11.3 Å². The molecule has 0 atom stereocenters. The summed E-state index contributed by atoms with van der Waals surface area (Å²) < 4.78 is 15.6. The minimum atomic E-state index is 0.167. The molecule has 5 nitrogen and oxygen atoms in total. The molecule has 17 heavy (non-hydrogen) atoms. The first kappa shape index (κ1) is 11.5. The minimum absolute atomic E-state index is 0.167.